The molecule has 0 radical (unpaired) electrons. The summed E-state index contributed by atoms with van der Waals surface area (Å²) in [4.78, 5) is 2.31. The molecule has 1 aromatic heterocycles. The number of anilines is 3. The van der Waals surface area contributed by atoms with Gasteiger partial charge in [0.15, 0.2) is 0 Å². The smallest absolute Gasteiger partial charge is 0.0713 e. The van der Waals surface area contributed by atoms with Crippen molar-refractivity contribution in [2.24, 2.45) is 0 Å². The van der Waals surface area contributed by atoms with Crippen molar-refractivity contribution in [3.63, 3.8) is 0 Å². The quantitative estimate of drug-likeness (QED) is 0.174. The third-order valence-electron chi connectivity index (χ3n) is 10.7. The highest BCUT2D eigenvalue weighted by molar-refractivity contribution is 6.10. The molecular weight excluding hydrogens is 617 g/mol. The van der Waals surface area contributed by atoms with E-state index in [9.17, 15) is 0 Å². The summed E-state index contributed by atoms with van der Waals surface area (Å²) in [5, 5.41) is 2.50. The van der Waals surface area contributed by atoms with Crippen molar-refractivity contribution in [3.05, 3.63) is 229 Å². The monoisotopic (exact) mass is 650 g/mol. The number of fused-ring (bicyclic) bond motifs is 6. The molecule has 1 aliphatic carbocycles. The summed E-state index contributed by atoms with van der Waals surface area (Å²) in [5.41, 5.74) is 14.3. The molecule has 9 aromatic rings. The summed E-state index contributed by atoms with van der Waals surface area (Å²) in [6.45, 7) is 0. The van der Waals surface area contributed by atoms with Gasteiger partial charge in [-0.15, -0.1) is 0 Å². The molecule has 0 N–H and O–H groups in total. The second kappa shape index (κ2) is 11.8. The number of nitrogens with zero attached hydrogens (tertiary/aromatic N) is 2. The normalized spacial score (nSPS) is 12.9. The van der Waals surface area contributed by atoms with Crippen LogP contribution >= 0.6 is 0 Å². The number of aromatic nitrogens is 1. The van der Waals surface area contributed by atoms with E-state index in [2.05, 4.69) is 216 Å². The molecule has 2 heteroatoms. The fourth-order valence-electron chi connectivity index (χ4n) is 8.55. The summed E-state index contributed by atoms with van der Waals surface area (Å²) in [7, 11) is 0. The van der Waals surface area contributed by atoms with Crippen LogP contribution in [0.4, 0.5) is 17.1 Å². The van der Waals surface area contributed by atoms with Gasteiger partial charge in [0, 0.05) is 33.5 Å². The highest BCUT2D eigenvalue weighted by atomic mass is 15.1. The third-order valence-corrected chi connectivity index (χ3v) is 10.7. The van der Waals surface area contributed by atoms with Crippen LogP contribution in [0.1, 0.15) is 22.3 Å². The topological polar surface area (TPSA) is 8.17 Å². The Balaban J connectivity index is 1.17. The molecule has 10 rings (SSSR count). The molecular formula is C49H34N2. The van der Waals surface area contributed by atoms with Gasteiger partial charge in [0.05, 0.1) is 16.4 Å². The van der Waals surface area contributed by atoms with Crippen molar-refractivity contribution in [3.8, 4) is 16.8 Å². The van der Waals surface area contributed by atoms with Crippen molar-refractivity contribution in [2.75, 3.05) is 4.90 Å². The van der Waals surface area contributed by atoms with Gasteiger partial charge in [-0.05, 0) is 100 Å². The van der Waals surface area contributed by atoms with Crippen LogP contribution in [-0.2, 0) is 5.41 Å². The predicted octanol–water partition coefficient (Wildman–Crippen LogP) is 12.6. The molecule has 0 fully saturated rings. The highest BCUT2D eigenvalue weighted by Gasteiger charge is 2.46. The Morgan fingerprint density at radius 3 is 1.47 bits per heavy atom. The lowest BCUT2D eigenvalue weighted by molar-refractivity contribution is 0.770. The fourth-order valence-corrected chi connectivity index (χ4v) is 8.55. The van der Waals surface area contributed by atoms with E-state index in [4.69, 9.17) is 0 Å². The second-order valence-corrected chi connectivity index (χ2v) is 13.3. The molecule has 0 atom stereocenters. The molecule has 51 heavy (non-hydrogen) atoms. The maximum atomic E-state index is 2.46. The molecule has 0 saturated carbocycles. The zero-order valence-corrected chi connectivity index (χ0v) is 28.0. The number of rotatable bonds is 6. The maximum absolute atomic E-state index is 2.46. The van der Waals surface area contributed by atoms with Crippen molar-refractivity contribution < 1.29 is 0 Å². The van der Waals surface area contributed by atoms with Crippen LogP contribution in [0.25, 0.3) is 38.6 Å². The Hall–Kier alpha value is -6.64. The average molecular weight is 651 g/mol. The first kappa shape index (κ1) is 29.3. The van der Waals surface area contributed by atoms with Gasteiger partial charge in [0.1, 0.15) is 0 Å². The zero-order valence-electron chi connectivity index (χ0n) is 28.0. The lowest BCUT2D eigenvalue weighted by Gasteiger charge is -2.34. The molecule has 2 nitrogen and oxygen atoms in total. The number of benzene rings is 8. The van der Waals surface area contributed by atoms with Crippen LogP contribution in [0.3, 0.4) is 0 Å². The lowest BCUT2D eigenvalue weighted by atomic mass is 9.67. The lowest BCUT2D eigenvalue weighted by Crippen LogP contribution is -2.28. The summed E-state index contributed by atoms with van der Waals surface area (Å²) in [5.74, 6) is 0. The Morgan fingerprint density at radius 2 is 0.843 bits per heavy atom. The molecule has 1 heterocycles. The Morgan fingerprint density at radius 1 is 0.353 bits per heavy atom. The molecule has 240 valence electrons. The van der Waals surface area contributed by atoms with Crippen molar-refractivity contribution >= 4 is 38.9 Å². The van der Waals surface area contributed by atoms with Crippen LogP contribution in [0.5, 0.6) is 0 Å². The van der Waals surface area contributed by atoms with E-state index in [1.807, 2.05) is 0 Å². The van der Waals surface area contributed by atoms with E-state index in [0.717, 1.165) is 22.7 Å². The van der Waals surface area contributed by atoms with E-state index in [0.29, 0.717) is 0 Å². The van der Waals surface area contributed by atoms with Gasteiger partial charge in [0.2, 0.25) is 0 Å². The van der Waals surface area contributed by atoms with E-state index in [1.54, 1.807) is 0 Å². The molecule has 0 bridgehead atoms. The largest absolute Gasteiger partial charge is 0.311 e. The summed E-state index contributed by atoms with van der Waals surface area (Å²) < 4.78 is 2.42. The minimum absolute atomic E-state index is 0.439. The van der Waals surface area contributed by atoms with Gasteiger partial charge in [-0.3, -0.25) is 0 Å². The van der Waals surface area contributed by atoms with Crippen LogP contribution in [-0.4, -0.2) is 4.57 Å². The van der Waals surface area contributed by atoms with Crippen molar-refractivity contribution in [1.82, 2.24) is 4.57 Å². The first-order valence-electron chi connectivity index (χ1n) is 17.6. The van der Waals surface area contributed by atoms with Crippen molar-refractivity contribution in [1.29, 1.82) is 0 Å². The molecule has 0 spiro atoms. The maximum Gasteiger partial charge on any atom is 0.0713 e. The molecule has 0 amide bonds. The minimum atomic E-state index is -0.439. The Bertz CT molecular complexity index is 2590. The minimum Gasteiger partial charge on any atom is -0.311 e. The molecule has 0 aliphatic heterocycles. The third kappa shape index (κ3) is 4.43. The Kier molecular flexibility index (Phi) is 6.75. The van der Waals surface area contributed by atoms with Crippen LogP contribution in [0, 0.1) is 0 Å². The van der Waals surface area contributed by atoms with Gasteiger partial charge in [-0.1, -0.05) is 140 Å². The first-order valence-corrected chi connectivity index (χ1v) is 17.6. The van der Waals surface area contributed by atoms with E-state index < -0.39 is 5.41 Å². The van der Waals surface area contributed by atoms with Crippen LogP contribution in [0.15, 0.2) is 206 Å². The number of hydrogen-bond acceptors (Lipinski definition) is 1. The number of para-hydroxylation sites is 3. The summed E-state index contributed by atoms with van der Waals surface area (Å²) >= 11 is 0. The van der Waals surface area contributed by atoms with Gasteiger partial charge in [-0.25, -0.2) is 0 Å². The first-order chi connectivity index (χ1) is 25.3. The SMILES string of the molecule is c1ccc(N(c2ccccc2)c2ccc(-n3c4ccccc4c4cc(C5(c6ccccc6)c6ccccc6-c6ccccc65)ccc43)cc2)cc1. The van der Waals surface area contributed by atoms with E-state index in [1.165, 1.54) is 55.2 Å². The fraction of sp³-hybridized carbons (Fsp3) is 0.0204. The Labute approximate surface area is 298 Å². The van der Waals surface area contributed by atoms with Gasteiger partial charge >= 0.3 is 0 Å². The molecule has 0 unspecified atom stereocenters. The zero-order chi connectivity index (χ0) is 33.8. The van der Waals surface area contributed by atoms with Gasteiger partial charge < -0.3 is 9.47 Å². The predicted molar refractivity (Wildman–Crippen MR) is 213 cm³/mol. The highest BCUT2D eigenvalue weighted by Crippen LogP contribution is 2.56. The summed E-state index contributed by atoms with van der Waals surface area (Å²) in [6.07, 6.45) is 0. The molecule has 1 aliphatic rings. The van der Waals surface area contributed by atoms with Crippen LogP contribution in [0.2, 0.25) is 0 Å². The van der Waals surface area contributed by atoms with Crippen molar-refractivity contribution in [2.45, 2.75) is 5.41 Å². The van der Waals surface area contributed by atoms with E-state index in [-0.39, 0.29) is 0 Å². The van der Waals surface area contributed by atoms with Crippen LogP contribution < -0.4 is 4.90 Å². The van der Waals surface area contributed by atoms with E-state index >= 15 is 0 Å². The molecule has 0 saturated heterocycles. The molecule has 8 aromatic carbocycles. The second-order valence-electron chi connectivity index (χ2n) is 13.3. The summed E-state index contributed by atoms with van der Waals surface area (Å²) in [6, 6.07) is 75.1. The standard InChI is InChI=1S/C49H34N2/c1-4-16-35(17-5-1)49(45-25-13-10-22-41(45)42-23-11-14-26-46(42)49)36-28-33-48-44(34-36)43-24-12-15-27-47(43)51(48)40-31-29-39(30-32-40)50(37-18-6-2-7-19-37)38-20-8-3-9-21-38/h1-34H. The number of hydrogen-bond donors (Lipinski definition) is 0. The van der Waals surface area contributed by atoms with Gasteiger partial charge in [0.25, 0.3) is 0 Å². The average Bonchev–Trinajstić information content (AvgIpc) is 3.70. The van der Waals surface area contributed by atoms with Gasteiger partial charge in [-0.2, -0.15) is 0 Å².